The third-order valence-corrected chi connectivity index (χ3v) is 5.78. The average molecular weight is 466 g/mol. The number of ether oxygens (including phenoxy) is 1. The number of hydrogen-bond acceptors (Lipinski definition) is 6. The predicted octanol–water partition coefficient (Wildman–Crippen LogP) is 5.07. The Hall–Kier alpha value is -3.32. The highest BCUT2D eigenvalue weighted by molar-refractivity contribution is 6.30. The first-order chi connectivity index (χ1) is 15.9. The molecule has 0 radical (unpaired) electrons. The van der Waals surface area contributed by atoms with Crippen LogP contribution in [0.15, 0.2) is 54.7 Å². The summed E-state index contributed by atoms with van der Waals surface area (Å²) in [5, 5.41) is 4.25. The zero-order chi connectivity index (χ0) is 23.4. The largest absolute Gasteiger partial charge is 0.457 e. The van der Waals surface area contributed by atoms with Gasteiger partial charge in [-0.1, -0.05) is 23.7 Å². The molecule has 172 valence electrons. The van der Waals surface area contributed by atoms with Gasteiger partial charge in [0.15, 0.2) is 0 Å². The number of likely N-dealkylation sites (N-methyl/N-ethyl adjacent to an activating group) is 1. The SMILES string of the molecule is Cc1ncc2c(n1)N(CC(=O)N(C)C)CCCC2Nc1cccc(Oc2cccc(Cl)c2)c1. The number of amides is 1. The summed E-state index contributed by atoms with van der Waals surface area (Å²) in [6, 6.07) is 15.2. The van der Waals surface area contributed by atoms with Crippen LogP contribution in [0.2, 0.25) is 5.02 Å². The van der Waals surface area contributed by atoms with Crippen LogP contribution in [-0.4, -0.2) is 48.0 Å². The lowest BCUT2D eigenvalue weighted by Gasteiger charge is -2.25. The van der Waals surface area contributed by atoms with E-state index in [0.717, 1.165) is 42.2 Å². The number of halogens is 1. The van der Waals surface area contributed by atoms with Gasteiger partial charge in [0.1, 0.15) is 23.1 Å². The summed E-state index contributed by atoms with van der Waals surface area (Å²) in [5.74, 6) is 2.96. The van der Waals surface area contributed by atoms with Crippen molar-refractivity contribution in [1.82, 2.24) is 14.9 Å². The molecule has 33 heavy (non-hydrogen) atoms. The number of carbonyl (C=O) groups is 1. The van der Waals surface area contributed by atoms with E-state index in [1.165, 1.54) is 0 Å². The number of nitrogens with one attached hydrogen (secondary N) is 1. The van der Waals surface area contributed by atoms with Gasteiger partial charge in [-0.25, -0.2) is 9.97 Å². The van der Waals surface area contributed by atoms with Crippen molar-refractivity contribution in [2.24, 2.45) is 0 Å². The van der Waals surface area contributed by atoms with Crippen molar-refractivity contribution in [1.29, 1.82) is 0 Å². The fourth-order valence-electron chi connectivity index (χ4n) is 3.84. The van der Waals surface area contributed by atoms with E-state index in [-0.39, 0.29) is 11.9 Å². The monoisotopic (exact) mass is 465 g/mol. The molecule has 1 aliphatic heterocycles. The van der Waals surface area contributed by atoms with Crippen LogP contribution in [-0.2, 0) is 4.79 Å². The molecule has 4 rings (SSSR count). The minimum atomic E-state index is 0.0153. The van der Waals surface area contributed by atoms with E-state index in [4.69, 9.17) is 21.3 Å². The highest BCUT2D eigenvalue weighted by Crippen LogP contribution is 2.34. The molecule has 3 aromatic rings. The Bertz CT molecular complexity index is 1140. The Kier molecular flexibility index (Phi) is 6.99. The van der Waals surface area contributed by atoms with Gasteiger partial charge in [0, 0.05) is 49.2 Å². The van der Waals surface area contributed by atoms with Gasteiger partial charge in [-0.3, -0.25) is 4.79 Å². The summed E-state index contributed by atoms with van der Waals surface area (Å²) in [4.78, 5) is 25.2. The molecule has 2 heterocycles. The quantitative estimate of drug-likeness (QED) is 0.548. The molecule has 0 saturated heterocycles. The van der Waals surface area contributed by atoms with E-state index in [1.807, 2.05) is 55.6 Å². The number of rotatable bonds is 6. The molecular weight excluding hydrogens is 438 g/mol. The molecule has 0 fully saturated rings. The van der Waals surface area contributed by atoms with Gasteiger partial charge >= 0.3 is 0 Å². The summed E-state index contributed by atoms with van der Waals surface area (Å²) < 4.78 is 5.98. The standard InChI is InChI=1S/C25H28ClN5O2/c1-17-27-15-22-23(11-6-12-31(25(22)28-17)16-24(32)30(2)3)29-19-8-5-10-21(14-19)33-20-9-4-7-18(26)13-20/h4-5,7-10,13-15,23,29H,6,11-12,16H2,1-3H3. The van der Waals surface area contributed by atoms with Gasteiger partial charge in [0.05, 0.1) is 12.6 Å². The summed E-state index contributed by atoms with van der Waals surface area (Å²) in [7, 11) is 3.55. The van der Waals surface area contributed by atoms with Crippen molar-refractivity contribution in [3.8, 4) is 11.5 Å². The normalized spacial score (nSPS) is 15.4. The Morgan fingerprint density at radius 1 is 1.21 bits per heavy atom. The van der Waals surface area contributed by atoms with Gasteiger partial charge in [0.25, 0.3) is 0 Å². The van der Waals surface area contributed by atoms with Crippen LogP contribution in [0.5, 0.6) is 11.5 Å². The van der Waals surface area contributed by atoms with E-state index in [2.05, 4.69) is 15.2 Å². The van der Waals surface area contributed by atoms with Crippen molar-refractivity contribution < 1.29 is 9.53 Å². The van der Waals surface area contributed by atoms with Crippen LogP contribution in [0.1, 0.15) is 30.3 Å². The fraction of sp³-hybridized carbons (Fsp3) is 0.320. The lowest BCUT2D eigenvalue weighted by atomic mass is 10.0. The Labute approximate surface area is 199 Å². The topological polar surface area (TPSA) is 70.6 Å². The van der Waals surface area contributed by atoms with Gasteiger partial charge in [-0.15, -0.1) is 0 Å². The first kappa shape index (κ1) is 22.9. The van der Waals surface area contributed by atoms with Crippen LogP contribution in [0.4, 0.5) is 11.5 Å². The van der Waals surface area contributed by atoms with Crippen LogP contribution in [0.25, 0.3) is 0 Å². The van der Waals surface area contributed by atoms with Crippen molar-refractivity contribution in [3.63, 3.8) is 0 Å². The predicted molar refractivity (Wildman–Crippen MR) is 131 cm³/mol. The van der Waals surface area contributed by atoms with E-state index in [9.17, 15) is 4.79 Å². The lowest BCUT2D eigenvalue weighted by molar-refractivity contribution is -0.127. The Morgan fingerprint density at radius 2 is 1.97 bits per heavy atom. The molecule has 1 amide bonds. The number of anilines is 2. The van der Waals surface area contributed by atoms with Gasteiger partial charge < -0.3 is 19.9 Å². The number of aryl methyl sites for hydroxylation is 1. The molecule has 8 heteroatoms. The maximum atomic E-state index is 12.4. The number of carbonyl (C=O) groups excluding carboxylic acids is 1. The second-order valence-electron chi connectivity index (χ2n) is 8.33. The fourth-order valence-corrected chi connectivity index (χ4v) is 4.02. The van der Waals surface area contributed by atoms with Crippen molar-refractivity contribution in [2.75, 3.05) is 37.4 Å². The zero-order valence-electron chi connectivity index (χ0n) is 19.1. The van der Waals surface area contributed by atoms with E-state index < -0.39 is 0 Å². The van der Waals surface area contributed by atoms with Gasteiger partial charge in [-0.2, -0.15) is 0 Å². The molecule has 1 N–H and O–H groups in total. The van der Waals surface area contributed by atoms with Crippen molar-refractivity contribution in [3.05, 3.63) is 71.1 Å². The maximum absolute atomic E-state index is 12.4. The van der Waals surface area contributed by atoms with Crippen molar-refractivity contribution in [2.45, 2.75) is 25.8 Å². The summed E-state index contributed by atoms with van der Waals surface area (Å²) >= 11 is 6.07. The van der Waals surface area contributed by atoms with Crippen LogP contribution in [0, 0.1) is 6.92 Å². The molecule has 1 aromatic heterocycles. The minimum absolute atomic E-state index is 0.0153. The summed E-state index contributed by atoms with van der Waals surface area (Å²) in [6.45, 7) is 2.93. The van der Waals surface area contributed by atoms with Crippen molar-refractivity contribution >= 4 is 29.0 Å². The average Bonchev–Trinajstić information content (AvgIpc) is 2.93. The molecule has 0 bridgehead atoms. The van der Waals surface area contributed by atoms with Gasteiger partial charge in [0.2, 0.25) is 5.91 Å². The molecule has 1 aliphatic rings. The second-order valence-corrected chi connectivity index (χ2v) is 8.77. The van der Waals surface area contributed by atoms with Crippen LogP contribution < -0.4 is 15.0 Å². The molecule has 0 spiro atoms. The smallest absolute Gasteiger partial charge is 0.241 e. The molecule has 0 aliphatic carbocycles. The third-order valence-electron chi connectivity index (χ3n) is 5.54. The number of nitrogens with zero attached hydrogens (tertiary/aromatic N) is 4. The molecule has 2 aromatic carbocycles. The highest BCUT2D eigenvalue weighted by atomic mass is 35.5. The lowest BCUT2D eigenvalue weighted by Crippen LogP contribution is -2.37. The Balaban J connectivity index is 1.57. The van der Waals surface area contributed by atoms with Crippen LogP contribution in [0.3, 0.4) is 0 Å². The summed E-state index contributed by atoms with van der Waals surface area (Å²) in [5.41, 5.74) is 1.93. The maximum Gasteiger partial charge on any atom is 0.241 e. The number of hydrogen-bond donors (Lipinski definition) is 1. The summed E-state index contributed by atoms with van der Waals surface area (Å²) in [6.07, 6.45) is 3.69. The van der Waals surface area contributed by atoms with E-state index >= 15 is 0 Å². The minimum Gasteiger partial charge on any atom is -0.457 e. The zero-order valence-corrected chi connectivity index (χ0v) is 19.8. The second kappa shape index (κ2) is 10.1. The highest BCUT2D eigenvalue weighted by Gasteiger charge is 2.26. The number of fused-ring (bicyclic) bond motifs is 1. The molecule has 0 saturated carbocycles. The molecule has 1 atom stereocenters. The number of benzene rings is 2. The van der Waals surface area contributed by atoms with E-state index in [1.54, 1.807) is 25.1 Å². The third kappa shape index (κ3) is 5.73. The Morgan fingerprint density at radius 3 is 2.73 bits per heavy atom. The molecule has 1 unspecified atom stereocenters. The van der Waals surface area contributed by atoms with Gasteiger partial charge in [-0.05, 0) is 50.1 Å². The molecule has 7 nitrogen and oxygen atoms in total. The van der Waals surface area contributed by atoms with E-state index in [0.29, 0.717) is 23.1 Å². The number of aromatic nitrogens is 2. The van der Waals surface area contributed by atoms with Crippen LogP contribution >= 0.6 is 11.6 Å². The first-order valence-electron chi connectivity index (χ1n) is 11.0. The first-order valence-corrected chi connectivity index (χ1v) is 11.4. The molecular formula is C25H28ClN5O2.